The second-order valence-corrected chi connectivity index (χ2v) is 8.31. The summed E-state index contributed by atoms with van der Waals surface area (Å²) in [5, 5.41) is 6.01. The predicted molar refractivity (Wildman–Crippen MR) is 127 cm³/mol. The van der Waals surface area contributed by atoms with Gasteiger partial charge in [-0.25, -0.2) is 14.6 Å². The molecule has 0 unspecified atom stereocenters. The third-order valence-electron chi connectivity index (χ3n) is 5.74. The fourth-order valence-corrected chi connectivity index (χ4v) is 3.55. The second-order valence-electron chi connectivity index (χ2n) is 8.31. The molecule has 0 saturated heterocycles. The minimum Gasteiger partial charge on any atom is -0.415 e. The van der Waals surface area contributed by atoms with Crippen molar-refractivity contribution < 1.29 is 27.1 Å². The fourth-order valence-electron chi connectivity index (χ4n) is 3.55. The zero-order chi connectivity index (χ0) is 26.4. The van der Waals surface area contributed by atoms with E-state index in [0.717, 1.165) is 26.9 Å². The average molecular weight is 501 g/mol. The molecular weight excluding hydrogens is 479 g/mol. The zero-order valence-corrected chi connectivity index (χ0v) is 20.0. The van der Waals surface area contributed by atoms with Gasteiger partial charge in [-0.2, -0.15) is 18.2 Å². The molecule has 0 spiro atoms. The fraction of sp³-hybridized carbons (Fsp3) is 0.250. The number of carbonyl (C=O) groups excluding carboxylic acids is 1. The Morgan fingerprint density at radius 2 is 1.72 bits per heavy atom. The van der Waals surface area contributed by atoms with Gasteiger partial charge in [0.2, 0.25) is 5.95 Å². The lowest BCUT2D eigenvalue weighted by molar-refractivity contribution is -0.189. The molecule has 2 aromatic heterocycles. The maximum absolute atomic E-state index is 13.0. The molecule has 0 bridgehead atoms. The highest BCUT2D eigenvalue weighted by Gasteiger charge is 2.42. The molecule has 4 aromatic rings. The smallest absolute Gasteiger partial charge is 0.415 e. The van der Waals surface area contributed by atoms with Crippen LogP contribution in [0, 0.1) is 27.7 Å². The molecular formula is C24H22F3N5O4. The van der Waals surface area contributed by atoms with E-state index < -0.39 is 23.7 Å². The van der Waals surface area contributed by atoms with Gasteiger partial charge >= 0.3 is 17.9 Å². The summed E-state index contributed by atoms with van der Waals surface area (Å²) in [5.41, 5.74) is 4.44. The number of alkyl halides is 3. The summed E-state index contributed by atoms with van der Waals surface area (Å²) in [6, 6.07) is 6.59. The largest absolute Gasteiger partial charge is 0.491 e. The van der Waals surface area contributed by atoms with E-state index in [2.05, 4.69) is 25.3 Å². The van der Waals surface area contributed by atoms with Gasteiger partial charge in [-0.1, -0.05) is 0 Å². The van der Waals surface area contributed by atoms with E-state index in [0.29, 0.717) is 5.56 Å². The monoisotopic (exact) mass is 501 g/mol. The van der Waals surface area contributed by atoms with Crippen molar-refractivity contribution in [2.75, 3.05) is 10.6 Å². The molecule has 2 N–H and O–H groups in total. The summed E-state index contributed by atoms with van der Waals surface area (Å²) in [4.78, 5) is 32.3. The molecule has 0 aliphatic heterocycles. The van der Waals surface area contributed by atoms with Crippen LogP contribution in [0.25, 0.3) is 11.1 Å². The molecule has 188 valence electrons. The van der Waals surface area contributed by atoms with Crippen LogP contribution in [0.15, 0.2) is 39.7 Å². The Labute approximate surface area is 202 Å². The summed E-state index contributed by atoms with van der Waals surface area (Å²) in [6.07, 6.45) is -3.73. The van der Waals surface area contributed by atoms with Crippen LogP contribution in [0.2, 0.25) is 0 Å². The number of ether oxygens (including phenoxy) is 1. The topological polar surface area (TPSA) is 111 Å². The Hall–Kier alpha value is -4.35. The van der Waals surface area contributed by atoms with E-state index >= 15 is 0 Å². The highest BCUT2D eigenvalue weighted by molar-refractivity contribution is 5.92. The van der Waals surface area contributed by atoms with Crippen LogP contribution in [-0.4, -0.2) is 26.7 Å². The Morgan fingerprint density at radius 3 is 2.36 bits per heavy atom. The number of aromatic nitrogens is 3. The normalized spacial score (nSPS) is 11.6. The Bertz CT molecular complexity index is 1530. The lowest BCUT2D eigenvalue weighted by Gasteiger charge is -2.16. The first kappa shape index (κ1) is 24.8. The van der Waals surface area contributed by atoms with Gasteiger partial charge in [-0.05, 0) is 68.7 Å². The predicted octanol–water partition coefficient (Wildman–Crippen LogP) is 5.11. The molecule has 12 heteroatoms. The second kappa shape index (κ2) is 9.02. The Morgan fingerprint density at radius 1 is 1.06 bits per heavy atom. The van der Waals surface area contributed by atoms with E-state index in [9.17, 15) is 22.8 Å². The van der Waals surface area contributed by atoms with Gasteiger partial charge in [-0.3, -0.25) is 4.57 Å². The molecule has 0 fully saturated rings. The van der Waals surface area contributed by atoms with Crippen molar-refractivity contribution in [1.29, 1.82) is 0 Å². The van der Waals surface area contributed by atoms with Crippen LogP contribution >= 0.6 is 0 Å². The molecule has 0 radical (unpaired) electrons. The number of halogens is 3. The minimum atomic E-state index is -5.26. The van der Waals surface area contributed by atoms with Crippen molar-refractivity contribution in [3.05, 3.63) is 63.3 Å². The van der Waals surface area contributed by atoms with Gasteiger partial charge < -0.3 is 19.8 Å². The SMILES string of the molecule is Cc1cnc(Nc2cc(C)c(C)c(C)c2)nc1Nc1ccc2oc(=O)n(C)c2c1OC(=O)C(F)(F)F. The maximum atomic E-state index is 13.0. The summed E-state index contributed by atoms with van der Waals surface area (Å²) < 4.78 is 49.6. The van der Waals surface area contributed by atoms with Gasteiger partial charge in [0.05, 0.1) is 5.69 Å². The summed E-state index contributed by atoms with van der Waals surface area (Å²) in [6.45, 7) is 7.69. The highest BCUT2D eigenvalue weighted by Crippen LogP contribution is 2.37. The summed E-state index contributed by atoms with van der Waals surface area (Å²) in [5.74, 6) is -3.33. The molecule has 4 rings (SSSR count). The molecule has 2 heterocycles. The van der Waals surface area contributed by atoms with Crippen LogP contribution in [0.1, 0.15) is 22.3 Å². The lowest BCUT2D eigenvalue weighted by atomic mass is 10.0. The number of aryl methyl sites for hydroxylation is 4. The van der Waals surface area contributed by atoms with Gasteiger partial charge in [0.15, 0.2) is 11.3 Å². The van der Waals surface area contributed by atoms with Crippen molar-refractivity contribution in [2.45, 2.75) is 33.9 Å². The molecule has 0 aliphatic carbocycles. The number of hydrogen-bond donors (Lipinski definition) is 2. The lowest BCUT2D eigenvalue weighted by Crippen LogP contribution is -2.28. The van der Waals surface area contributed by atoms with E-state index in [-0.39, 0.29) is 28.6 Å². The van der Waals surface area contributed by atoms with Gasteiger partial charge in [0.25, 0.3) is 0 Å². The van der Waals surface area contributed by atoms with E-state index in [1.807, 2.05) is 32.9 Å². The third kappa shape index (κ3) is 4.74. The standard InChI is InChI=1S/C24H22F3N5O4/c1-11-8-15(9-12(2)14(11)4)29-22-28-10-13(3)20(31-22)30-16-6-7-17-18(32(5)23(34)35-17)19(16)36-21(33)24(25,26)27/h6-10H,1-5H3,(H2,28,29,30,31). The summed E-state index contributed by atoms with van der Waals surface area (Å²) >= 11 is 0. The van der Waals surface area contributed by atoms with Crippen molar-refractivity contribution in [2.24, 2.45) is 7.05 Å². The number of rotatable bonds is 5. The number of oxazole rings is 1. The number of carbonyl (C=O) groups is 1. The van der Waals surface area contributed by atoms with Crippen LogP contribution < -0.4 is 21.1 Å². The first-order chi connectivity index (χ1) is 16.8. The highest BCUT2D eigenvalue weighted by atomic mass is 19.4. The maximum Gasteiger partial charge on any atom is 0.491 e. The van der Waals surface area contributed by atoms with Gasteiger partial charge in [-0.15, -0.1) is 0 Å². The van der Waals surface area contributed by atoms with Crippen molar-refractivity contribution in [3.8, 4) is 5.75 Å². The molecule has 0 atom stereocenters. The van der Waals surface area contributed by atoms with Crippen molar-refractivity contribution in [3.63, 3.8) is 0 Å². The Balaban J connectivity index is 1.75. The van der Waals surface area contributed by atoms with Gasteiger partial charge in [0, 0.05) is 24.5 Å². The number of fused-ring (bicyclic) bond motifs is 1. The van der Waals surface area contributed by atoms with Crippen molar-refractivity contribution in [1.82, 2.24) is 14.5 Å². The number of anilines is 4. The van der Waals surface area contributed by atoms with Crippen LogP contribution in [0.3, 0.4) is 0 Å². The third-order valence-corrected chi connectivity index (χ3v) is 5.74. The van der Waals surface area contributed by atoms with Crippen LogP contribution in [-0.2, 0) is 11.8 Å². The summed E-state index contributed by atoms with van der Waals surface area (Å²) in [7, 11) is 1.28. The molecule has 0 saturated carbocycles. The van der Waals surface area contributed by atoms with Crippen LogP contribution in [0.5, 0.6) is 5.75 Å². The van der Waals surface area contributed by atoms with E-state index in [1.165, 1.54) is 25.4 Å². The number of benzene rings is 2. The van der Waals surface area contributed by atoms with Crippen LogP contribution in [0.4, 0.5) is 36.3 Å². The molecule has 2 aromatic carbocycles. The molecule has 0 amide bonds. The number of nitrogens with zero attached hydrogens (tertiary/aromatic N) is 3. The Kier molecular flexibility index (Phi) is 6.21. The van der Waals surface area contributed by atoms with Gasteiger partial charge in [0.1, 0.15) is 11.3 Å². The quantitative estimate of drug-likeness (QED) is 0.287. The molecule has 36 heavy (non-hydrogen) atoms. The van der Waals surface area contributed by atoms with E-state index in [4.69, 9.17) is 4.42 Å². The average Bonchev–Trinajstić information content (AvgIpc) is 3.08. The first-order valence-electron chi connectivity index (χ1n) is 10.7. The van der Waals surface area contributed by atoms with E-state index in [1.54, 1.807) is 6.92 Å². The number of nitrogens with one attached hydrogen (secondary N) is 2. The zero-order valence-electron chi connectivity index (χ0n) is 20.0. The first-order valence-corrected chi connectivity index (χ1v) is 10.7. The molecule has 0 aliphatic rings. The van der Waals surface area contributed by atoms with Crippen molar-refractivity contribution >= 4 is 40.2 Å². The number of esters is 1. The molecule has 9 nitrogen and oxygen atoms in total. The number of hydrogen-bond acceptors (Lipinski definition) is 8. The minimum absolute atomic E-state index is 0.0359.